The van der Waals surface area contributed by atoms with Crippen molar-refractivity contribution in [1.82, 2.24) is 5.06 Å². The Morgan fingerprint density at radius 1 is 1.04 bits per heavy atom. The van der Waals surface area contributed by atoms with E-state index in [1.54, 1.807) is 0 Å². The molecule has 1 unspecified atom stereocenters. The highest BCUT2D eigenvalue weighted by molar-refractivity contribution is 7.51. The third-order valence-electron chi connectivity index (χ3n) is 3.55. The number of rotatable bonds is 12. The number of amides is 2. The first-order chi connectivity index (χ1) is 11.3. The van der Waals surface area contributed by atoms with E-state index in [2.05, 4.69) is 0 Å². The van der Waals surface area contributed by atoms with Gasteiger partial charge in [-0.1, -0.05) is 32.1 Å². The van der Waals surface area contributed by atoms with Crippen LogP contribution in [-0.2, 0) is 28.3 Å². The van der Waals surface area contributed by atoms with E-state index in [4.69, 9.17) is 14.3 Å². The van der Waals surface area contributed by atoms with Crippen LogP contribution < -0.4 is 0 Å². The molecule has 1 saturated heterocycles. The molecule has 0 aromatic rings. The Morgan fingerprint density at radius 3 is 2.08 bits per heavy atom. The number of imide groups is 1. The quantitative estimate of drug-likeness (QED) is 0.322. The molecule has 1 N–H and O–H groups in total. The van der Waals surface area contributed by atoms with Gasteiger partial charge in [0.2, 0.25) is 0 Å². The second-order valence-electron chi connectivity index (χ2n) is 5.91. The summed E-state index contributed by atoms with van der Waals surface area (Å²) in [4.78, 5) is 47.8. The minimum absolute atomic E-state index is 0.102. The predicted molar refractivity (Wildman–Crippen MR) is 85.8 cm³/mol. The number of hydrogen-bond acceptors (Lipinski definition) is 6. The van der Waals surface area contributed by atoms with Gasteiger partial charge in [0.15, 0.2) is 0 Å². The SMILES string of the molecule is CP(=O)(O)OCCCCCCCCCC(=O)ON1C(=O)CCC1=O. The van der Waals surface area contributed by atoms with Gasteiger partial charge in [-0.3, -0.25) is 14.2 Å². The van der Waals surface area contributed by atoms with E-state index in [1.807, 2.05) is 0 Å². The molecular formula is C15H26NO7P. The molecule has 24 heavy (non-hydrogen) atoms. The third kappa shape index (κ3) is 9.15. The molecule has 9 heteroatoms. The highest BCUT2D eigenvalue weighted by Gasteiger charge is 2.32. The number of carbonyl (C=O) groups is 3. The van der Waals surface area contributed by atoms with Gasteiger partial charge in [-0.2, -0.15) is 0 Å². The Balaban J connectivity index is 1.93. The molecule has 1 fully saturated rings. The molecular weight excluding hydrogens is 337 g/mol. The summed E-state index contributed by atoms with van der Waals surface area (Å²) < 4.78 is 15.7. The van der Waals surface area contributed by atoms with Crippen LogP contribution >= 0.6 is 7.60 Å². The summed E-state index contributed by atoms with van der Waals surface area (Å²) in [7, 11) is -3.35. The molecule has 0 bridgehead atoms. The Morgan fingerprint density at radius 2 is 1.54 bits per heavy atom. The van der Waals surface area contributed by atoms with Crippen LogP contribution in [-0.4, -0.2) is 41.0 Å². The molecule has 1 rings (SSSR count). The van der Waals surface area contributed by atoms with Gasteiger partial charge in [0.05, 0.1) is 6.61 Å². The molecule has 0 aliphatic carbocycles. The van der Waals surface area contributed by atoms with Crippen LogP contribution in [0.4, 0.5) is 0 Å². The second-order valence-corrected chi connectivity index (χ2v) is 7.77. The summed E-state index contributed by atoms with van der Waals surface area (Å²) in [6.45, 7) is 1.47. The smallest absolute Gasteiger partial charge is 0.330 e. The van der Waals surface area contributed by atoms with Gasteiger partial charge < -0.3 is 14.3 Å². The lowest BCUT2D eigenvalue weighted by molar-refractivity contribution is -0.197. The maximum atomic E-state index is 11.6. The van der Waals surface area contributed by atoms with Gasteiger partial charge in [0.1, 0.15) is 0 Å². The van der Waals surface area contributed by atoms with Crippen LogP contribution in [0.15, 0.2) is 0 Å². The largest absolute Gasteiger partial charge is 0.333 e. The fourth-order valence-corrected chi connectivity index (χ4v) is 2.76. The van der Waals surface area contributed by atoms with Crippen LogP contribution in [0, 0.1) is 0 Å². The van der Waals surface area contributed by atoms with Crippen molar-refractivity contribution < 1.29 is 33.2 Å². The van der Waals surface area contributed by atoms with Gasteiger partial charge in [-0.05, 0) is 12.8 Å². The predicted octanol–water partition coefficient (Wildman–Crippen LogP) is 2.55. The van der Waals surface area contributed by atoms with E-state index in [0.717, 1.165) is 38.5 Å². The van der Waals surface area contributed by atoms with Gasteiger partial charge in [0.25, 0.3) is 11.8 Å². The molecule has 0 radical (unpaired) electrons. The van der Waals surface area contributed by atoms with Crippen molar-refractivity contribution in [3.63, 3.8) is 0 Å². The number of unbranched alkanes of at least 4 members (excludes halogenated alkanes) is 6. The van der Waals surface area contributed by atoms with Crippen molar-refractivity contribution in [3.8, 4) is 0 Å². The zero-order valence-corrected chi connectivity index (χ0v) is 15.0. The minimum atomic E-state index is -3.35. The maximum Gasteiger partial charge on any atom is 0.333 e. The standard InChI is InChI=1S/C15H26NO7P/c1-24(20,21)22-12-8-6-4-2-3-5-7-9-15(19)23-16-13(17)10-11-14(16)18/h2-12H2,1H3,(H,20,21). The maximum absolute atomic E-state index is 11.6. The summed E-state index contributed by atoms with van der Waals surface area (Å²) in [6.07, 6.45) is 6.59. The lowest BCUT2D eigenvalue weighted by Crippen LogP contribution is -2.31. The molecule has 1 atom stereocenters. The number of hydrogen-bond donors (Lipinski definition) is 1. The highest BCUT2D eigenvalue weighted by atomic mass is 31.2. The van der Waals surface area contributed by atoms with Gasteiger partial charge in [-0.15, -0.1) is 5.06 Å². The first-order valence-electron chi connectivity index (χ1n) is 8.31. The average Bonchev–Trinajstić information content (AvgIpc) is 2.80. The van der Waals surface area contributed by atoms with E-state index >= 15 is 0 Å². The molecule has 0 spiro atoms. The van der Waals surface area contributed by atoms with Crippen LogP contribution in [0.25, 0.3) is 0 Å². The van der Waals surface area contributed by atoms with Crippen molar-refractivity contribution in [2.75, 3.05) is 13.3 Å². The van der Waals surface area contributed by atoms with E-state index in [1.165, 1.54) is 6.66 Å². The van der Waals surface area contributed by atoms with Crippen LogP contribution in [0.5, 0.6) is 0 Å². The van der Waals surface area contributed by atoms with Crippen molar-refractivity contribution in [2.24, 2.45) is 0 Å². The van der Waals surface area contributed by atoms with E-state index < -0.39 is 25.4 Å². The summed E-state index contributed by atoms with van der Waals surface area (Å²) in [5, 5.41) is 0.575. The summed E-state index contributed by atoms with van der Waals surface area (Å²) in [5.41, 5.74) is 0. The fraction of sp³-hybridized carbons (Fsp3) is 0.800. The Kier molecular flexibility index (Phi) is 9.18. The van der Waals surface area contributed by atoms with Crippen molar-refractivity contribution >= 4 is 25.4 Å². The monoisotopic (exact) mass is 363 g/mol. The Bertz CT molecular complexity index is 472. The lowest BCUT2D eigenvalue weighted by Gasteiger charge is -2.12. The molecule has 8 nitrogen and oxygen atoms in total. The third-order valence-corrected chi connectivity index (χ3v) is 4.22. The molecule has 138 valence electrons. The fourth-order valence-electron chi connectivity index (χ4n) is 2.29. The van der Waals surface area contributed by atoms with E-state index in [9.17, 15) is 18.9 Å². The van der Waals surface area contributed by atoms with Gasteiger partial charge >= 0.3 is 13.6 Å². The molecule has 0 aromatic heterocycles. The topological polar surface area (TPSA) is 110 Å². The summed E-state index contributed by atoms with van der Waals surface area (Å²) in [6, 6.07) is 0. The Hall–Kier alpha value is -1.24. The number of hydroxylamine groups is 2. The first kappa shape index (κ1) is 20.8. The zero-order valence-electron chi connectivity index (χ0n) is 14.1. The van der Waals surface area contributed by atoms with Crippen molar-refractivity contribution in [1.29, 1.82) is 0 Å². The van der Waals surface area contributed by atoms with Gasteiger partial charge in [0, 0.05) is 25.9 Å². The molecule has 1 aliphatic rings. The van der Waals surface area contributed by atoms with Gasteiger partial charge in [-0.25, -0.2) is 4.79 Å². The van der Waals surface area contributed by atoms with Crippen LogP contribution in [0.3, 0.4) is 0 Å². The number of carbonyl (C=O) groups excluding carboxylic acids is 3. The molecule has 0 aromatic carbocycles. The van der Waals surface area contributed by atoms with Crippen molar-refractivity contribution in [2.45, 2.75) is 64.2 Å². The summed E-state index contributed by atoms with van der Waals surface area (Å²) >= 11 is 0. The van der Waals surface area contributed by atoms with Crippen molar-refractivity contribution in [3.05, 3.63) is 0 Å². The summed E-state index contributed by atoms with van der Waals surface area (Å²) in [5.74, 6) is -1.47. The van der Waals surface area contributed by atoms with E-state index in [0.29, 0.717) is 18.1 Å². The van der Waals surface area contributed by atoms with Crippen LogP contribution in [0.2, 0.25) is 0 Å². The molecule has 2 amide bonds. The van der Waals surface area contributed by atoms with E-state index in [-0.39, 0.29) is 19.3 Å². The minimum Gasteiger partial charge on any atom is -0.330 e. The molecule has 1 aliphatic heterocycles. The molecule has 1 heterocycles. The zero-order chi connectivity index (χ0) is 18.0. The second kappa shape index (κ2) is 10.6. The normalized spacial score (nSPS) is 17.2. The first-order valence-corrected chi connectivity index (χ1v) is 10.3. The molecule has 0 saturated carbocycles. The lowest BCUT2D eigenvalue weighted by atomic mass is 10.1. The van der Waals surface area contributed by atoms with Crippen LogP contribution in [0.1, 0.15) is 64.2 Å². The Labute approximate surface area is 142 Å². The average molecular weight is 363 g/mol. The number of nitrogens with zero attached hydrogens (tertiary/aromatic N) is 1. The highest BCUT2D eigenvalue weighted by Crippen LogP contribution is 2.36.